The molecule has 3 nitrogen and oxygen atoms in total. The van der Waals surface area contributed by atoms with Crippen molar-refractivity contribution in [2.45, 2.75) is 51.7 Å². The Labute approximate surface area is 92.9 Å². The van der Waals surface area contributed by atoms with Gasteiger partial charge in [0, 0.05) is 13.1 Å². The Kier molecular flexibility index (Phi) is 4.42. The lowest BCUT2D eigenvalue weighted by Crippen LogP contribution is -2.48. The standard InChI is InChI=1S/C12H24N2O/c1-2-7-14-15-12-8-10-5-3-4-6-11(10)9-13-12/h10-14H,2-9H2,1H3. The number of fused-ring (bicyclic) bond motifs is 1. The van der Waals surface area contributed by atoms with Crippen LogP contribution < -0.4 is 10.8 Å². The number of nitrogens with one attached hydrogen (secondary N) is 2. The molecule has 1 aliphatic carbocycles. The molecule has 0 aromatic rings. The van der Waals surface area contributed by atoms with Gasteiger partial charge in [-0.3, -0.25) is 10.2 Å². The molecule has 3 atom stereocenters. The van der Waals surface area contributed by atoms with Crippen molar-refractivity contribution in [1.82, 2.24) is 10.8 Å². The van der Waals surface area contributed by atoms with Gasteiger partial charge in [-0.2, -0.15) is 0 Å². The Morgan fingerprint density at radius 2 is 2.07 bits per heavy atom. The highest BCUT2D eigenvalue weighted by Gasteiger charge is 2.32. The molecule has 0 radical (unpaired) electrons. The van der Waals surface area contributed by atoms with Gasteiger partial charge in [-0.25, -0.2) is 5.48 Å². The van der Waals surface area contributed by atoms with E-state index in [0.717, 1.165) is 31.3 Å². The summed E-state index contributed by atoms with van der Waals surface area (Å²) in [5.74, 6) is 1.83. The second kappa shape index (κ2) is 5.83. The zero-order valence-electron chi connectivity index (χ0n) is 9.80. The summed E-state index contributed by atoms with van der Waals surface area (Å²) in [4.78, 5) is 5.61. The fourth-order valence-corrected chi connectivity index (χ4v) is 2.86. The van der Waals surface area contributed by atoms with Crippen LogP contribution in [0.1, 0.15) is 45.4 Å². The first-order valence-electron chi connectivity index (χ1n) is 6.52. The fraction of sp³-hybridized carbons (Fsp3) is 1.00. The van der Waals surface area contributed by atoms with Gasteiger partial charge < -0.3 is 0 Å². The summed E-state index contributed by atoms with van der Waals surface area (Å²) in [5, 5.41) is 3.49. The van der Waals surface area contributed by atoms with Crippen molar-refractivity contribution in [3.05, 3.63) is 0 Å². The van der Waals surface area contributed by atoms with Gasteiger partial charge >= 0.3 is 0 Å². The van der Waals surface area contributed by atoms with Gasteiger partial charge in [0.2, 0.25) is 0 Å². The lowest BCUT2D eigenvalue weighted by atomic mass is 9.75. The number of hydroxylamine groups is 1. The van der Waals surface area contributed by atoms with E-state index in [1.807, 2.05) is 0 Å². The van der Waals surface area contributed by atoms with Crippen LogP contribution in [0.3, 0.4) is 0 Å². The topological polar surface area (TPSA) is 33.3 Å². The number of rotatable bonds is 4. The molecule has 1 saturated carbocycles. The first-order valence-corrected chi connectivity index (χ1v) is 6.52. The third-order valence-corrected chi connectivity index (χ3v) is 3.77. The zero-order valence-corrected chi connectivity index (χ0v) is 9.80. The predicted molar refractivity (Wildman–Crippen MR) is 61.2 cm³/mol. The van der Waals surface area contributed by atoms with Crippen LogP contribution in [-0.4, -0.2) is 19.3 Å². The minimum absolute atomic E-state index is 0.246. The van der Waals surface area contributed by atoms with E-state index in [0.29, 0.717) is 0 Å². The minimum Gasteiger partial charge on any atom is -0.290 e. The van der Waals surface area contributed by atoms with E-state index in [9.17, 15) is 0 Å². The molecule has 88 valence electrons. The van der Waals surface area contributed by atoms with Crippen molar-refractivity contribution in [3.63, 3.8) is 0 Å². The summed E-state index contributed by atoms with van der Waals surface area (Å²) in [5.41, 5.74) is 3.04. The molecule has 2 fully saturated rings. The molecule has 0 bridgehead atoms. The average molecular weight is 212 g/mol. The second-order valence-electron chi connectivity index (χ2n) is 4.95. The minimum atomic E-state index is 0.246. The molecule has 3 heteroatoms. The van der Waals surface area contributed by atoms with Crippen LogP contribution in [0.15, 0.2) is 0 Å². The van der Waals surface area contributed by atoms with Gasteiger partial charge in [-0.1, -0.05) is 19.8 Å². The number of hydrogen-bond donors (Lipinski definition) is 2. The third kappa shape index (κ3) is 3.16. The van der Waals surface area contributed by atoms with E-state index in [1.54, 1.807) is 0 Å². The van der Waals surface area contributed by atoms with Gasteiger partial charge in [0.05, 0.1) is 0 Å². The van der Waals surface area contributed by atoms with Crippen LogP contribution in [0.5, 0.6) is 0 Å². The lowest BCUT2D eigenvalue weighted by Gasteiger charge is -2.39. The maximum absolute atomic E-state index is 5.61. The summed E-state index contributed by atoms with van der Waals surface area (Å²) in [6, 6.07) is 0. The Hall–Kier alpha value is -0.120. The molecule has 3 unspecified atom stereocenters. The Bertz CT molecular complexity index is 184. The van der Waals surface area contributed by atoms with Crippen LogP contribution in [0.25, 0.3) is 0 Å². The summed E-state index contributed by atoms with van der Waals surface area (Å²) in [7, 11) is 0. The molecule has 0 spiro atoms. The van der Waals surface area contributed by atoms with E-state index < -0.39 is 0 Å². The van der Waals surface area contributed by atoms with E-state index >= 15 is 0 Å². The van der Waals surface area contributed by atoms with E-state index in [1.165, 1.54) is 32.1 Å². The Morgan fingerprint density at radius 3 is 2.87 bits per heavy atom. The molecular weight excluding hydrogens is 188 g/mol. The van der Waals surface area contributed by atoms with Gasteiger partial charge in [0.1, 0.15) is 6.23 Å². The second-order valence-corrected chi connectivity index (χ2v) is 4.95. The summed E-state index contributed by atoms with van der Waals surface area (Å²) < 4.78 is 0. The van der Waals surface area contributed by atoms with Crippen molar-refractivity contribution in [2.24, 2.45) is 11.8 Å². The molecule has 0 aromatic heterocycles. The number of piperidine rings is 1. The van der Waals surface area contributed by atoms with Crippen molar-refractivity contribution in [1.29, 1.82) is 0 Å². The SMILES string of the molecule is CCCNOC1CC2CCCCC2CN1. The maximum atomic E-state index is 5.61. The van der Waals surface area contributed by atoms with E-state index in [2.05, 4.69) is 17.7 Å². The maximum Gasteiger partial charge on any atom is 0.129 e. The molecule has 0 aromatic carbocycles. The molecule has 0 amide bonds. The highest BCUT2D eigenvalue weighted by molar-refractivity contribution is 4.83. The molecule has 15 heavy (non-hydrogen) atoms. The highest BCUT2D eigenvalue weighted by Crippen LogP contribution is 2.35. The molecule has 1 saturated heterocycles. The van der Waals surface area contributed by atoms with Crippen molar-refractivity contribution in [3.8, 4) is 0 Å². The van der Waals surface area contributed by atoms with Crippen LogP contribution in [-0.2, 0) is 4.84 Å². The largest absolute Gasteiger partial charge is 0.290 e. The average Bonchev–Trinajstić information content (AvgIpc) is 2.29. The van der Waals surface area contributed by atoms with Gasteiger partial charge in [0.25, 0.3) is 0 Å². The highest BCUT2D eigenvalue weighted by atomic mass is 16.7. The summed E-state index contributed by atoms with van der Waals surface area (Å²) in [6.45, 7) is 4.26. The normalized spacial score (nSPS) is 36.2. The third-order valence-electron chi connectivity index (χ3n) is 3.77. The van der Waals surface area contributed by atoms with Crippen LogP contribution in [0.2, 0.25) is 0 Å². The molecule has 2 rings (SSSR count). The molecule has 1 aliphatic heterocycles. The molecule has 2 aliphatic rings. The zero-order chi connectivity index (χ0) is 10.5. The van der Waals surface area contributed by atoms with Crippen LogP contribution in [0.4, 0.5) is 0 Å². The quantitative estimate of drug-likeness (QED) is 0.553. The smallest absolute Gasteiger partial charge is 0.129 e. The summed E-state index contributed by atoms with van der Waals surface area (Å²) >= 11 is 0. The summed E-state index contributed by atoms with van der Waals surface area (Å²) in [6.07, 6.45) is 8.27. The fourth-order valence-electron chi connectivity index (χ4n) is 2.86. The van der Waals surface area contributed by atoms with Gasteiger partial charge in [-0.15, -0.1) is 0 Å². The van der Waals surface area contributed by atoms with E-state index in [4.69, 9.17) is 4.84 Å². The first-order chi connectivity index (χ1) is 7.40. The first kappa shape index (κ1) is 11.4. The molecule has 2 N–H and O–H groups in total. The van der Waals surface area contributed by atoms with Crippen LogP contribution in [0, 0.1) is 11.8 Å². The van der Waals surface area contributed by atoms with Crippen molar-refractivity contribution >= 4 is 0 Å². The van der Waals surface area contributed by atoms with Gasteiger partial charge in [-0.05, 0) is 37.5 Å². The molecule has 1 heterocycles. The van der Waals surface area contributed by atoms with Gasteiger partial charge in [0.15, 0.2) is 0 Å². The van der Waals surface area contributed by atoms with E-state index in [-0.39, 0.29) is 6.23 Å². The number of hydrogen-bond acceptors (Lipinski definition) is 3. The predicted octanol–water partition coefficient (Wildman–Crippen LogP) is 2.04. The Balaban J connectivity index is 1.71. The van der Waals surface area contributed by atoms with Crippen LogP contribution >= 0.6 is 0 Å². The lowest BCUT2D eigenvalue weighted by molar-refractivity contribution is -0.0787. The van der Waals surface area contributed by atoms with Crippen molar-refractivity contribution < 1.29 is 4.84 Å². The Morgan fingerprint density at radius 1 is 1.27 bits per heavy atom. The monoisotopic (exact) mass is 212 g/mol. The molecular formula is C12H24N2O. The van der Waals surface area contributed by atoms with Crippen molar-refractivity contribution in [2.75, 3.05) is 13.1 Å².